The fourth-order valence-corrected chi connectivity index (χ4v) is 6.20. The van der Waals surface area contributed by atoms with Gasteiger partial charge in [0, 0.05) is 47.0 Å². The van der Waals surface area contributed by atoms with Gasteiger partial charge in [0.1, 0.15) is 11.6 Å². The van der Waals surface area contributed by atoms with Crippen LogP contribution in [0.1, 0.15) is 18.0 Å². The van der Waals surface area contributed by atoms with E-state index in [1.165, 1.54) is 4.57 Å². The molecule has 2 aromatic carbocycles. The van der Waals surface area contributed by atoms with E-state index in [1.807, 2.05) is 7.05 Å². The molecule has 0 bridgehead atoms. The number of likely N-dealkylation sites (tertiary alicyclic amines) is 1. The Bertz CT molecular complexity index is 1390. The molecule has 1 saturated heterocycles. The molecule has 2 aliphatic rings. The second-order valence-electron chi connectivity index (χ2n) is 8.56. The third kappa shape index (κ3) is 3.67. The van der Waals surface area contributed by atoms with Crippen molar-refractivity contribution in [3.8, 4) is 11.1 Å². The Morgan fingerprint density at radius 3 is 2.52 bits per heavy atom. The molecular formula is C22H18F5N3O2S. The van der Waals surface area contributed by atoms with Gasteiger partial charge >= 0.3 is 11.9 Å². The van der Waals surface area contributed by atoms with Crippen LogP contribution >= 0.6 is 11.8 Å². The first-order valence-electron chi connectivity index (χ1n) is 10.2. The monoisotopic (exact) mass is 483 g/mol. The van der Waals surface area contributed by atoms with Crippen LogP contribution in [0.3, 0.4) is 0 Å². The summed E-state index contributed by atoms with van der Waals surface area (Å²) in [5.41, 5.74) is -3.72. The molecule has 174 valence electrons. The molecule has 1 atom stereocenters. The molecule has 1 N–H and O–H groups in total. The Hall–Kier alpha value is -2.66. The zero-order valence-electron chi connectivity index (χ0n) is 17.3. The number of aromatic nitrogens is 2. The van der Waals surface area contributed by atoms with E-state index in [-0.39, 0.29) is 27.6 Å². The molecule has 0 spiro atoms. The van der Waals surface area contributed by atoms with E-state index in [4.69, 9.17) is 0 Å². The Kier molecular flexibility index (Phi) is 5.16. The molecule has 1 aromatic heterocycles. The molecule has 33 heavy (non-hydrogen) atoms. The van der Waals surface area contributed by atoms with Crippen LogP contribution in [0.2, 0.25) is 0 Å². The van der Waals surface area contributed by atoms with Gasteiger partial charge in [0.15, 0.2) is 0 Å². The normalized spacial score (nSPS) is 19.2. The smallest absolute Gasteiger partial charge is 0.306 e. The van der Waals surface area contributed by atoms with Gasteiger partial charge in [0.2, 0.25) is 0 Å². The van der Waals surface area contributed by atoms with Gasteiger partial charge in [-0.05, 0) is 37.6 Å². The largest absolute Gasteiger partial charge is 0.417 e. The number of nitrogens with one attached hydrogen (secondary N) is 1. The quantitative estimate of drug-likeness (QED) is 0.566. The fourth-order valence-electron chi connectivity index (χ4n) is 4.85. The van der Waals surface area contributed by atoms with Crippen molar-refractivity contribution >= 4 is 22.7 Å². The number of hydrogen-bond acceptors (Lipinski definition) is 4. The molecule has 0 aliphatic carbocycles. The SMILES string of the molecule is CN1CC(C[C@H]2CSc3c(-c4ccc(F)cc4F)c(C(F)(F)F)cc4c(=O)[nH]c(=O)n2c34)C1. The third-order valence-corrected chi connectivity index (χ3v) is 7.45. The van der Waals surface area contributed by atoms with Crippen LogP contribution in [0.25, 0.3) is 22.0 Å². The summed E-state index contributed by atoms with van der Waals surface area (Å²) >= 11 is 1.06. The molecule has 3 heterocycles. The molecule has 2 aliphatic heterocycles. The van der Waals surface area contributed by atoms with Crippen molar-refractivity contribution in [3.63, 3.8) is 0 Å². The van der Waals surface area contributed by atoms with Crippen molar-refractivity contribution in [2.24, 2.45) is 5.92 Å². The van der Waals surface area contributed by atoms with Crippen LogP contribution in [0.5, 0.6) is 0 Å². The number of H-pyrrole nitrogens is 1. The molecule has 0 amide bonds. The topological polar surface area (TPSA) is 58.1 Å². The average molecular weight is 483 g/mol. The van der Waals surface area contributed by atoms with E-state index < -0.39 is 45.8 Å². The predicted molar refractivity (Wildman–Crippen MR) is 115 cm³/mol. The van der Waals surface area contributed by atoms with Crippen molar-refractivity contribution in [1.29, 1.82) is 0 Å². The summed E-state index contributed by atoms with van der Waals surface area (Å²) in [4.78, 5) is 29.6. The van der Waals surface area contributed by atoms with Gasteiger partial charge < -0.3 is 4.90 Å². The maximum absolute atomic E-state index is 14.7. The highest BCUT2D eigenvalue weighted by Crippen LogP contribution is 2.49. The highest BCUT2D eigenvalue weighted by Gasteiger charge is 2.40. The molecule has 0 radical (unpaired) electrons. The van der Waals surface area contributed by atoms with Crippen molar-refractivity contribution in [1.82, 2.24) is 14.5 Å². The lowest BCUT2D eigenvalue weighted by atomic mass is 9.92. The lowest BCUT2D eigenvalue weighted by molar-refractivity contribution is -0.137. The van der Waals surface area contributed by atoms with Crippen molar-refractivity contribution in [3.05, 3.63) is 62.3 Å². The lowest BCUT2D eigenvalue weighted by Crippen LogP contribution is -2.46. The number of aromatic amines is 1. The van der Waals surface area contributed by atoms with Gasteiger partial charge in [-0.25, -0.2) is 13.6 Å². The van der Waals surface area contributed by atoms with Crippen LogP contribution in [0.4, 0.5) is 22.0 Å². The highest BCUT2D eigenvalue weighted by atomic mass is 32.2. The Balaban J connectivity index is 1.83. The number of benzene rings is 2. The van der Waals surface area contributed by atoms with Gasteiger partial charge in [0.05, 0.1) is 16.5 Å². The summed E-state index contributed by atoms with van der Waals surface area (Å²) in [7, 11) is 1.97. The van der Waals surface area contributed by atoms with Gasteiger partial charge in [-0.2, -0.15) is 13.2 Å². The standard InChI is InChI=1S/C22H18F5N3O2S/c1-29-7-10(8-29)4-12-9-33-19-17(13-3-2-11(23)5-16(13)24)15(22(25,26)27)6-14-18(19)30(12)21(32)28-20(14)31/h2-3,5-6,10,12H,4,7-9H2,1H3,(H,28,31,32)/t12-/m0/s1. The van der Waals surface area contributed by atoms with E-state index in [0.717, 1.165) is 37.0 Å². The molecule has 5 rings (SSSR count). The fraction of sp³-hybridized carbons (Fsp3) is 0.364. The number of halogens is 5. The second-order valence-corrected chi connectivity index (χ2v) is 9.59. The first-order chi connectivity index (χ1) is 15.5. The minimum absolute atomic E-state index is 0.00416. The van der Waals surface area contributed by atoms with Crippen LogP contribution in [-0.4, -0.2) is 40.3 Å². The third-order valence-electron chi connectivity index (χ3n) is 6.22. The van der Waals surface area contributed by atoms with Crippen molar-refractivity contribution in [2.45, 2.75) is 23.5 Å². The lowest BCUT2D eigenvalue weighted by Gasteiger charge is -2.39. The molecule has 3 aromatic rings. The Morgan fingerprint density at radius 2 is 1.88 bits per heavy atom. The van der Waals surface area contributed by atoms with Crippen LogP contribution < -0.4 is 11.2 Å². The summed E-state index contributed by atoms with van der Waals surface area (Å²) in [6.07, 6.45) is -4.29. The van der Waals surface area contributed by atoms with Crippen LogP contribution in [-0.2, 0) is 6.18 Å². The predicted octanol–water partition coefficient (Wildman–Crippen LogP) is 4.25. The number of alkyl halides is 3. The average Bonchev–Trinajstić information content (AvgIpc) is 2.70. The first-order valence-corrected chi connectivity index (χ1v) is 11.2. The summed E-state index contributed by atoms with van der Waals surface area (Å²) < 4.78 is 71.7. The maximum Gasteiger partial charge on any atom is 0.417 e. The zero-order valence-corrected chi connectivity index (χ0v) is 18.1. The van der Waals surface area contributed by atoms with E-state index in [2.05, 4.69) is 9.88 Å². The number of nitrogens with zero attached hydrogens (tertiary/aromatic N) is 2. The van der Waals surface area contributed by atoms with Gasteiger partial charge in [-0.3, -0.25) is 14.3 Å². The molecular weight excluding hydrogens is 465 g/mol. The second kappa shape index (κ2) is 7.69. The van der Waals surface area contributed by atoms with Gasteiger partial charge in [-0.15, -0.1) is 11.8 Å². The first kappa shape index (κ1) is 22.1. The minimum atomic E-state index is -4.91. The van der Waals surface area contributed by atoms with E-state index >= 15 is 0 Å². The number of rotatable bonds is 3. The van der Waals surface area contributed by atoms with Crippen molar-refractivity contribution in [2.75, 3.05) is 25.9 Å². The zero-order chi connectivity index (χ0) is 23.7. The highest BCUT2D eigenvalue weighted by molar-refractivity contribution is 7.99. The molecule has 5 nitrogen and oxygen atoms in total. The molecule has 0 unspecified atom stereocenters. The van der Waals surface area contributed by atoms with E-state index in [9.17, 15) is 31.5 Å². The molecule has 0 saturated carbocycles. The maximum atomic E-state index is 14.7. The summed E-state index contributed by atoms with van der Waals surface area (Å²) in [5, 5.41) is -0.286. The van der Waals surface area contributed by atoms with E-state index in [0.29, 0.717) is 24.5 Å². The van der Waals surface area contributed by atoms with Crippen LogP contribution in [0, 0.1) is 17.6 Å². The Morgan fingerprint density at radius 1 is 1.15 bits per heavy atom. The van der Waals surface area contributed by atoms with Crippen LogP contribution in [0.15, 0.2) is 38.8 Å². The van der Waals surface area contributed by atoms with E-state index in [1.54, 1.807) is 0 Å². The summed E-state index contributed by atoms with van der Waals surface area (Å²) in [5.74, 6) is -1.48. The van der Waals surface area contributed by atoms with Gasteiger partial charge in [-0.1, -0.05) is 0 Å². The number of hydrogen-bond donors (Lipinski definition) is 1. The van der Waals surface area contributed by atoms with Gasteiger partial charge in [0.25, 0.3) is 5.56 Å². The Labute approximate surface area is 188 Å². The molecule has 11 heteroatoms. The summed E-state index contributed by atoms with van der Waals surface area (Å²) in [6.45, 7) is 1.68. The number of thioether (sulfide) groups is 1. The summed E-state index contributed by atoms with van der Waals surface area (Å²) in [6, 6.07) is 2.66. The molecule has 1 fully saturated rings. The van der Waals surface area contributed by atoms with Crippen molar-refractivity contribution < 1.29 is 22.0 Å². The minimum Gasteiger partial charge on any atom is -0.306 e.